The summed E-state index contributed by atoms with van der Waals surface area (Å²) in [7, 11) is 0. The molecule has 2 rings (SSSR count). The molecule has 0 aliphatic rings. The normalized spacial score (nSPS) is 11.3. The first-order chi connectivity index (χ1) is 10.1. The number of nitrogens with zero attached hydrogens (tertiary/aromatic N) is 2. The monoisotopic (exact) mass is 286 g/mol. The van der Waals surface area contributed by atoms with E-state index in [9.17, 15) is 9.90 Å². The van der Waals surface area contributed by atoms with Crippen LogP contribution in [0.5, 0.6) is 5.75 Å². The van der Waals surface area contributed by atoms with Crippen molar-refractivity contribution in [1.82, 2.24) is 0 Å². The molecule has 0 unspecified atom stereocenters. The summed E-state index contributed by atoms with van der Waals surface area (Å²) in [5.41, 5.74) is 0.313. The van der Waals surface area contributed by atoms with Crippen LogP contribution in [0.1, 0.15) is 36.5 Å². The van der Waals surface area contributed by atoms with E-state index in [1.165, 1.54) is 6.07 Å². The Labute approximate surface area is 122 Å². The van der Waals surface area contributed by atoms with Crippen molar-refractivity contribution in [3.63, 3.8) is 0 Å². The lowest BCUT2D eigenvalue weighted by Gasteiger charge is -2.07. The van der Waals surface area contributed by atoms with Crippen LogP contribution in [-0.2, 0) is 0 Å². The fraction of sp³-hybridized carbons (Fsp3) is 0.312. The van der Waals surface area contributed by atoms with Gasteiger partial charge < -0.3 is 10.2 Å². The highest BCUT2D eigenvalue weighted by molar-refractivity contribution is 6.05. The van der Waals surface area contributed by atoms with Crippen LogP contribution in [-0.4, -0.2) is 22.7 Å². The van der Waals surface area contributed by atoms with Gasteiger partial charge in [0, 0.05) is 10.8 Å². The summed E-state index contributed by atoms with van der Waals surface area (Å²) in [6.07, 6.45) is 3.17. The van der Waals surface area contributed by atoms with E-state index >= 15 is 0 Å². The van der Waals surface area contributed by atoms with Crippen molar-refractivity contribution in [2.75, 3.05) is 6.54 Å². The molecule has 0 aliphatic heterocycles. The van der Waals surface area contributed by atoms with Crippen LogP contribution in [0.3, 0.4) is 0 Å². The van der Waals surface area contributed by atoms with Crippen molar-refractivity contribution >= 4 is 22.4 Å². The number of hydrogen-bond donors (Lipinski definition) is 2. The lowest BCUT2D eigenvalue weighted by molar-refractivity contribution is 0.0694. The third-order valence-corrected chi connectivity index (χ3v) is 3.26. The summed E-state index contributed by atoms with van der Waals surface area (Å²) in [5, 5.41) is 28.6. The average molecular weight is 286 g/mol. The molecule has 5 nitrogen and oxygen atoms in total. The topological polar surface area (TPSA) is 82.2 Å². The van der Waals surface area contributed by atoms with E-state index in [0.29, 0.717) is 23.0 Å². The quantitative estimate of drug-likeness (QED) is 0.605. The summed E-state index contributed by atoms with van der Waals surface area (Å²) >= 11 is 0. The zero-order valence-electron chi connectivity index (χ0n) is 11.9. The molecule has 0 atom stereocenters. The second kappa shape index (κ2) is 6.83. The molecule has 0 radical (unpaired) electrons. The molecular weight excluding hydrogens is 268 g/mol. The number of azo groups is 1. The minimum absolute atomic E-state index is 0.156. The Morgan fingerprint density at radius 1 is 1.19 bits per heavy atom. The fourth-order valence-electron chi connectivity index (χ4n) is 2.15. The molecule has 0 amide bonds. The van der Waals surface area contributed by atoms with Gasteiger partial charge in [-0.1, -0.05) is 44.0 Å². The van der Waals surface area contributed by atoms with Crippen LogP contribution in [0.25, 0.3) is 10.8 Å². The van der Waals surface area contributed by atoms with Crippen LogP contribution in [0, 0.1) is 0 Å². The Morgan fingerprint density at radius 3 is 2.57 bits per heavy atom. The number of hydrogen-bond acceptors (Lipinski definition) is 4. The Kier molecular flexibility index (Phi) is 4.87. The molecule has 0 aliphatic carbocycles. The largest absolute Gasteiger partial charge is 0.506 e. The highest BCUT2D eigenvalue weighted by Crippen LogP contribution is 2.36. The number of carboxylic acid groups (broad SMARTS) is 1. The van der Waals surface area contributed by atoms with Crippen LogP contribution < -0.4 is 0 Å². The van der Waals surface area contributed by atoms with Gasteiger partial charge in [0.2, 0.25) is 0 Å². The smallest absolute Gasteiger partial charge is 0.339 e. The SMILES string of the molecule is CCCCCN=Nc1cc(C(=O)O)c(O)c2ccccc12. The Balaban J connectivity index is 2.42. The van der Waals surface area contributed by atoms with Gasteiger partial charge in [-0.2, -0.15) is 10.2 Å². The van der Waals surface area contributed by atoms with Gasteiger partial charge in [0.15, 0.2) is 0 Å². The molecular formula is C16H18N2O3. The summed E-state index contributed by atoms with van der Waals surface area (Å²) in [5.74, 6) is -1.41. The van der Waals surface area contributed by atoms with Crippen molar-refractivity contribution < 1.29 is 15.0 Å². The maximum Gasteiger partial charge on any atom is 0.339 e. The molecule has 0 saturated heterocycles. The van der Waals surface area contributed by atoms with Crippen LogP contribution in [0.2, 0.25) is 0 Å². The van der Waals surface area contributed by atoms with Crippen molar-refractivity contribution in [3.05, 3.63) is 35.9 Å². The minimum atomic E-state index is -1.18. The third-order valence-electron chi connectivity index (χ3n) is 3.26. The molecule has 0 aromatic heterocycles. The maximum atomic E-state index is 11.2. The first-order valence-corrected chi connectivity index (χ1v) is 7.00. The van der Waals surface area contributed by atoms with Gasteiger partial charge in [0.1, 0.15) is 11.3 Å². The molecule has 2 N–H and O–H groups in total. The second-order valence-electron chi connectivity index (χ2n) is 4.81. The molecule has 0 saturated carbocycles. The minimum Gasteiger partial charge on any atom is -0.506 e. The molecule has 2 aromatic rings. The van der Waals surface area contributed by atoms with E-state index in [0.717, 1.165) is 19.3 Å². The number of benzene rings is 2. The maximum absolute atomic E-state index is 11.2. The third kappa shape index (κ3) is 3.37. The van der Waals surface area contributed by atoms with E-state index in [-0.39, 0.29) is 11.3 Å². The van der Waals surface area contributed by atoms with Gasteiger partial charge in [-0.05, 0) is 12.5 Å². The highest BCUT2D eigenvalue weighted by Gasteiger charge is 2.15. The van der Waals surface area contributed by atoms with Gasteiger partial charge in [-0.15, -0.1) is 0 Å². The summed E-state index contributed by atoms with van der Waals surface area (Å²) < 4.78 is 0. The average Bonchev–Trinajstić information content (AvgIpc) is 2.49. The molecule has 0 heterocycles. The highest BCUT2D eigenvalue weighted by atomic mass is 16.4. The Hall–Kier alpha value is -2.43. The van der Waals surface area contributed by atoms with Crippen LogP contribution in [0.4, 0.5) is 5.69 Å². The van der Waals surface area contributed by atoms with Gasteiger partial charge in [-0.25, -0.2) is 4.79 Å². The summed E-state index contributed by atoms with van der Waals surface area (Å²) in [4.78, 5) is 11.2. The zero-order valence-corrected chi connectivity index (χ0v) is 11.9. The van der Waals surface area contributed by atoms with E-state index in [1.54, 1.807) is 18.2 Å². The van der Waals surface area contributed by atoms with Gasteiger partial charge in [0.05, 0.1) is 12.2 Å². The number of aromatic hydroxyl groups is 1. The second-order valence-corrected chi connectivity index (χ2v) is 4.81. The molecule has 0 bridgehead atoms. The molecule has 21 heavy (non-hydrogen) atoms. The first-order valence-electron chi connectivity index (χ1n) is 7.00. The van der Waals surface area contributed by atoms with E-state index in [1.807, 2.05) is 6.07 Å². The summed E-state index contributed by atoms with van der Waals surface area (Å²) in [6.45, 7) is 2.73. The predicted octanol–water partition coefficient (Wildman–Crippen LogP) is 4.52. The van der Waals surface area contributed by atoms with Crippen molar-refractivity contribution in [3.8, 4) is 5.75 Å². The zero-order chi connectivity index (χ0) is 15.2. The van der Waals surface area contributed by atoms with Crippen LogP contribution >= 0.6 is 0 Å². The number of fused-ring (bicyclic) bond motifs is 1. The number of carboxylic acids is 1. The molecule has 0 spiro atoms. The molecule has 0 fully saturated rings. The molecule has 2 aromatic carbocycles. The number of carbonyl (C=O) groups is 1. The van der Waals surface area contributed by atoms with Gasteiger partial charge in [0.25, 0.3) is 0 Å². The van der Waals surface area contributed by atoms with E-state index in [4.69, 9.17) is 5.11 Å². The van der Waals surface area contributed by atoms with Crippen LogP contribution in [0.15, 0.2) is 40.6 Å². The first kappa shape index (κ1) is 15.0. The number of aromatic carboxylic acids is 1. The Bertz CT molecular complexity index is 681. The Morgan fingerprint density at radius 2 is 1.90 bits per heavy atom. The fourth-order valence-corrected chi connectivity index (χ4v) is 2.15. The lowest BCUT2D eigenvalue weighted by Crippen LogP contribution is -1.97. The summed E-state index contributed by atoms with van der Waals surface area (Å²) in [6, 6.07) is 8.39. The molecule has 110 valence electrons. The lowest BCUT2D eigenvalue weighted by atomic mass is 10.0. The predicted molar refractivity (Wildman–Crippen MR) is 81.5 cm³/mol. The van der Waals surface area contributed by atoms with Gasteiger partial charge in [-0.3, -0.25) is 0 Å². The van der Waals surface area contributed by atoms with E-state index < -0.39 is 5.97 Å². The molecule has 5 heteroatoms. The van der Waals surface area contributed by atoms with E-state index in [2.05, 4.69) is 17.2 Å². The number of unbranched alkanes of at least 4 members (excludes halogenated alkanes) is 2. The van der Waals surface area contributed by atoms with Crippen molar-refractivity contribution in [2.45, 2.75) is 26.2 Å². The van der Waals surface area contributed by atoms with Crippen molar-refractivity contribution in [2.24, 2.45) is 10.2 Å². The number of phenols is 1. The number of rotatable bonds is 6. The standard InChI is InChI=1S/C16H18N2O3/c1-2-3-6-9-17-18-14-10-13(16(20)21)15(19)12-8-5-4-7-11(12)14/h4-5,7-8,10,19H,2-3,6,9H2,1H3,(H,20,21). The van der Waals surface area contributed by atoms with Gasteiger partial charge >= 0.3 is 5.97 Å². The van der Waals surface area contributed by atoms with Crippen molar-refractivity contribution in [1.29, 1.82) is 0 Å².